The van der Waals surface area contributed by atoms with Gasteiger partial charge in [-0.15, -0.1) is 10.2 Å². The van der Waals surface area contributed by atoms with Crippen molar-refractivity contribution in [1.82, 2.24) is 15.5 Å². The first-order chi connectivity index (χ1) is 15.9. The quantitative estimate of drug-likeness (QED) is 0.490. The second-order valence-electron chi connectivity index (χ2n) is 7.57. The maximum Gasteiger partial charge on any atom is 0.430 e. The lowest BCUT2D eigenvalue weighted by Gasteiger charge is -2.34. The van der Waals surface area contributed by atoms with E-state index in [0.717, 1.165) is 18.7 Å². The van der Waals surface area contributed by atoms with Crippen LogP contribution in [0.5, 0.6) is 0 Å². The molecule has 3 aromatic rings. The van der Waals surface area contributed by atoms with Crippen molar-refractivity contribution in [3.05, 3.63) is 59.8 Å². The fourth-order valence-electron chi connectivity index (χ4n) is 3.71. The first-order valence-corrected chi connectivity index (χ1v) is 9.92. The molecule has 4 rings (SSSR count). The zero-order chi connectivity index (χ0) is 24.7. The van der Waals surface area contributed by atoms with Crippen molar-refractivity contribution in [3.63, 3.8) is 0 Å². The highest BCUT2D eigenvalue weighted by molar-refractivity contribution is 6.05. The van der Waals surface area contributed by atoms with E-state index in [1.165, 1.54) is 36.4 Å². The van der Waals surface area contributed by atoms with E-state index < -0.39 is 40.5 Å². The van der Waals surface area contributed by atoms with Crippen LogP contribution < -0.4 is 15.5 Å². The Kier molecular flexibility index (Phi) is 5.85. The summed E-state index contributed by atoms with van der Waals surface area (Å²) in [5.74, 6) is -0.654. The predicted octanol–water partition coefficient (Wildman–Crippen LogP) is 3.56. The number of fused-ring (bicyclic) bond motifs is 1. The zero-order valence-corrected chi connectivity index (χ0v) is 17.2. The van der Waals surface area contributed by atoms with Gasteiger partial charge >= 0.3 is 12.4 Å². The zero-order valence-electron chi connectivity index (χ0n) is 17.2. The number of halogens is 6. The molecule has 1 fully saturated rings. The molecule has 1 amide bonds. The smallest absolute Gasteiger partial charge is 0.369 e. The van der Waals surface area contributed by atoms with E-state index in [1.54, 1.807) is 0 Å². The van der Waals surface area contributed by atoms with Gasteiger partial charge in [0.05, 0.1) is 6.67 Å². The number of benzene rings is 2. The highest BCUT2D eigenvalue weighted by Gasteiger charge is 2.72. The van der Waals surface area contributed by atoms with Crippen molar-refractivity contribution in [1.29, 1.82) is 0 Å². The topological polar surface area (TPSA) is 90.4 Å². The first kappa shape index (κ1) is 23.7. The SMILES string of the molecule is O=C(Nc1ccc2ccccc2c1C(O)(C(F)(F)F)C(F)(F)F)c1ccc(N2CCNC2)nn1. The molecule has 1 saturated heterocycles. The molecule has 34 heavy (non-hydrogen) atoms. The van der Waals surface area contributed by atoms with Crippen LogP contribution in [0.3, 0.4) is 0 Å². The minimum absolute atomic E-state index is 0.00536. The predicted molar refractivity (Wildman–Crippen MR) is 110 cm³/mol. The van der Waals surface area contributed by atoms with Gasteiger partial charge < -0.3 is 15.3 Å². The summed E-state index contributed by atoms with van der Waals surface area (Å²) in [4.78, 5) is 14.5. The summed E-state index contributed by atoms with van der Waals surface area (Å²) in [5.41, 5.74) is -7.98. The van der Waals surface area contributed by atoms with E-state index in [-0.39, 0.29) is 11.1 Å². The number of anilines is 2. The van der Waals surface area contributed by atoms with Crippen molar-refractivity contribution in [2.24, 2.45) is 0 Å². The molecule has 1 aliphatic heterocycles. The lowest BCUT2D eigenvalue weighted by molar-refractivity contribution is -0.375. The number of carbonyl (C=O) groups excluding carboxylic acids is 1. The van der Waals surface area contributed by atoms with Crippen molar-refractivity contribution >= 4 is 28.2 Å². The average molecular weight is 485 g/mol. The number of alkyl halides is 6. The lowest BCUT2D eigenvalue weighted by atomic mass is 9.86. The van der Waals surface area contributed by atoms with Gasteiger partial charge in [-0.1, -0.05) is 30.3 Å². The van der Waals surface area contributed by atoms with Crippen LogP contribution in [-0.2, 0) is 5.60 Å². The van der Waals surface area contributed by atoms with E-state index in [2.05, 4.69) is 15.5 Å². The summed E-state index contributed by atoms with van der Waals surface area (Å²) < 4.78 is 82.4. The third-order valence-electron chi connectivity index (χ3n) is 5.43. The molecular formula is C21H17F6N5O2. The molecule has 7 nitrogen and oxygen atoms in total. The summed E-state index contributed by atoms with van der Waals surface area (Å²) in [7, 11) is 0. The van der Waals surface area contributed by atoms with Gasteiger partial charge in [0.2, 0.25) is 0 Å². The highest BCUT2D eigenvalue weighted by atomic mass is 19.4. The number of rotatable bonds is 4. The average Bonchev–Trinajstić information content (AvgIpc) is 3.32. The fraction of sp³-hybridized carbons (Fsp3) is 0.286. The van der Waals surface area contributed by atoms with Gasteiger partial charge in [-0.3, -0.25) is 10.1 Å². The molecule has 0 unspecified atom stereocenters. The van der Waals surface area contributed by atoms with Crippen LogP contribution in [0.25, 0.3) is 10.8 Å². The number of aliphatic hydroxyl groups is 1. The van der Waals surface area contributed by atoms with E-state index in [0.29, 0.717) is 19.0 Å². The second-order valence-corrected chi connectivity index (χ2v) is 7.57. The van der Waals surface area contributed by atoms with Crippen molar-refractivity contribution in [2.45, 2.75) is 18.0 Å². The Morgan fingerprint density at radius 1 is 0.971 bits per heavy atom. The van der Waals surface area contributed by atoms with Gasteiger partial charge in [0.15, 0.2) is 11.5 Å². The molecule has 0 spiro atoms. The van der Waals surface area contributed by atoms with Gasteiger partial charge in [0.1, 0.15) is 0 Å². The minimum Gasteiger partial charge on any atom is -0.369 e. The molecule has 2 aromatic carbocycles. The Morgan fingerprint density at radius 3 is 2.26 bits per heavy atom. The molecular weight excluding hydrogens is 468 g/mol. The number of nitrogens with one attached hydrogen (secondary N) is 2. The maximum absolute atomic E-state index is 13.7. The van der Waals surface area contributed by atoms with E-state index in [9.17, 15) is 36.2 Å². The van der Waals surface area contributed by atoms with E-state index in [1.807, 2.05) is 10.2 Å². The molecule has 2 heterocycles. The second kappa shape index (κ2) is 8.40. The first-order valence-electron chi connectivity index (χ1n) is 9.92. The third-order valence-corrected chi connectivity index (χ3v) is 5.43. The van der Waals surface area contributed by atoms with Crippen LogP contribution in [0.15, 0.2) is 48.5 Å². The molecule has 3 N–H and O–H groups in total. The number of aromatic nitrogens is 2. The van der Waals surface area contributed by atoms with Crippen LogP contribution in [0, 0.1) is 0 Å². The fourth-order valence-corrected chi connectivity index (χ4v) is 3.71. The standard InChI is InChI=1S/C21H17F6N5O2/c22-20(23,24)19(34,21(25,26)27)17-13-4-2-1-3-12(13)5-6-14(17)29-18(33)15-7-8-16(31-30-15)32-10-9-28-11-32/h1-8,28,34H,9-11H2,(H,29,33). The number of hydrogen-bond acceptors (Lipinski definition) is 6. The Bertz CT molecular complexity index is 1190. The third kappa shape index (κ3) is 4.01. The van der Waals surface area contributed by atoms with Crippen molar-refractivity contribution in [2.75, 3.05) is 30.0 Å². The van der Waals surface area contributed by atoms with Crippen LogP contribution in [-0.4, -0.2) is 53.3 Å². The normalized spacial score (nSPS) is 15.1. The Hall–Kier alpha value is -3.45. The molecule has 180 valence electrons. The van der Waals surface area contributed by atoms with Crippen LogP contribution in [0.4, 0.5) is 37.8 Å². The van der Waals surface area contributed by atoms with Gasteiger partial charge in [-0.2, -0.15) is 26.3 Å². The summed E-state index contributed by atoms with van der Waals surface area (Å²) in [6.07, 6.45) is -12.3. The molecule has 0 bridgehead atoms. The van der Waals surface area contributed by atoms with Crippen molar-refractivity contribution in [3.8, 4) is 0 Å². The minimum atomic E-state index is -6.14. The monoisotopic (exact) mass is 485 g/mol. The molecule has 0 aliphatic carbocycles. The van der Waals surface area contributed by atoms with Gasteiger partial charge in [-0.05, 0) is 29.0 Å². The molecule has 0 saturated carbocycles. The van der Waals surface area contributed by atoms with Gasteiger partial charge in [-0.25, -0.2) is 0 Å². The lowest BCUT2D eigenvalue weighted by Crippen LogP contribution is -2.54. The van der Waals surface area contributed by atoms with Crippen LogP contribution in [0.1, 0.15) is 16.1 Å². The number of carbonyl (C=O) groups is 1. The molecule has 0 radical (unpaired) electrons. The number of amides is 1. The summed E-state index contributed by atoms with van der Waals surface area (Å²) >= 11 is 0. The van der Waals surface area contributed by atoms with Crippen molar-refractivity contribution < 1.29 is 36.2 Å². The Morgan fingerprint density at radius 2 is 1.68 bits per heavy atom. The Balaban J connectivity index is 1.78. The molecule has 1 aliphatic rings. The maximum atomic E-state index is 13.7. The summed E-state index contributed by atoms with van der Waals surface area (Å²) in [5, 5.41) is 22.3. The van der Waals surface area contributed by atoms with Gasteiger partial charge in [0.25, 0.3) is 11.5 Å². The van der Waals surface area contributed by atoms with E-state index in [4.69, 9.17) is 0 Å². The number of nitrogens with zero attached hydrogens (tertiary/aromatic N) is 3. The number of hydrogen-bond donors (Lipinski definition) is 3. The van der Waals surface area contributed by atoms with Gasteiger partial charge in [0, 0.05) is 24.3 Å². The van der Waals surface area contributed by atoms with E-state index >= 15 is 0 Å². The van der Waals surface area contributed by atoms with Crippen LogP contribution in [0.2, 0.25) is 0 Å². The molecule has 0 atom stereocenters. The van der Waals surface area contributed by atoms with Crippen LogP contribution >= 0.6 is 0 Å². The Labute approximate surface area is 188 Å². The largest absolute Gasteiger partial charge is 0.430 e. The summed E-state index contributed by atoms with van der Waals surface area (Å²) in [6, 6.07) is 9.73. The molecule has 1 aromatic heterocycles. The highest BCUT2D eigenvalue weighted by Crippen LogP contribution is 2.53. The molecule has 13 heteroatoms. The summed E-state index contributed by atoms with van der Waals surface area (Å²) in [6.45, 7) is 1.87.